The fourth-order valence-corrected chi connectivity index (χ4v) is 1.91. The van der Waals surface area contributed by atoms with Crippen molar-refractivity contribution in [3.63, 3.8) is 0 Å². The van der Waals surface area contributed by atoms with Gasteiger partial charge < -0.3 is 20.4 Å². The molecule has 0 amide bonds. The Labute approximate surface area is 119 Å². The molecule has 0 atom stereocenters. The van der Waals surface area contributed by atoms with Gasteiger partial charge in [0, 0.05) is 37.2 Å². The average Bonchev–Trinajstić information content (AvgIpc) is 2.91. The van der Waals surface area contributed by atoms with E-state index in [2.05, 4.69) is 14.9 Å². The number of aryl methyl sites for hydroxylation is 1. The number of nitrogens with two attached hydrogens (primary N) is 1. The molecule has 2 rings (SSSR count). The summed E-state index contributed by atoms with van der Waals surface area (Å²) >= 11 is 0. The number of hydrogen-bond donors (Lipinski definition) is 2. The molecule has 1 aromatic carbocycles. The largest absolute Gasteiger partial charge is 0.489 e. The third-order valence-corrected chi connectivity index (χ3v) is 2.86. The van der Waals surface area contributed by atoms with Crippen molar-refractivity contribution in [1.82, 2.24) is 9.55 Å². The number of aromatic nitrogens is 2. The predicted molar refractivity (Wildman–Crippen MR) is 82.0 cm³/mol. The van der Waals surface area contributed by atoms with Gasteiger partial charge in [-0.15, -0.1) is 0 Å². The molecule has 5 heteroatoms. The first-order chi connectivity index (χ1) is 9.65. The van der Waals surface area contributed by atoms with Gasteiger partial charge in [-0.05, 0) is 32.4 Å². The molecule has 0 radical (unpaired) electrons. The molecule has 0 saturated carbocycles. The van der Waals surface area contributed by atoms with Gasteiger partial charge in [0.1, 0.15) is 5.75 Å². The van der Waals surface area contributed by atoms with Crippen molar-refractivity contribution in [3.8, 4) is 5.75 Å². The summed E-state index contributed by atoms with van der Waals surface area (Å²) in [6, 6.07) is 5.79. The minimum atomic E-state index is 0.119. The van der Waals surface area contributed by atoms with Crippen molar-refractivity contribution in [1.29, 1.82) is 0 Å². The van der Waals surface area contributed by atoms with Gasteiger partial charge >= 0.3 is 0 Å². The van der Waals surface area contributed by atoms with E-state index in [-0.39, 0.29) is 6.10 Å². The summed E-state index contributed by atoms with van der Waals surface area (Å²) in [6.45, 7) is 5.83. The second-order valence-electron chi connectivity index (χ2n) is 5.00. The summed E-state index contributed by atoms with van der Waals surface area (Å²) in [4.78, 5) is 4.02. The van der Waals surface area contributed by atoms with Crippen molar-refractivity contribution in [3.05, 3.63) is 36.9 Å². The number of anilines is 2. The Bertz CT molecular complexity index is 523. The number of benzene rings is 1. The van der Waals surface area contributed by atoms with Crippen molar-refractivity contribution in [2.75, 3.05) is 17.6 Å². The highest BCUT2D eigenvalue weighted by molar-refractivity contribution is 5.61. The molecule has 0 aliphatic rings. The molecule has 0 aliphatic carbocycles. The van der Waals surface area contributed by atoms with E-state index in [1.54, 1.807) is 6.20 Å². The number of nitrogens with one attached hydrogen (secondary N) is 1. The highest BCUT2D eigenvalue weighted by Gasteiger charge is 2.04. The van der Waals surface area contributed by atoms with Crippen LogP contribution in [0, 0.1) is 0 Å². The molecule has 0 unspecified atom stereocenters. The van der Waals surface area contributed by atoms with Gasteiger partial charge in [-0.1, -0.05) is 0 Å². The maximum atomic E-state index is 5.89. The van der Waals surface area contributed by atoms with Crippen LogP contribution in [-0.2, 0) is 6.54 Å². The number of nitrogens with zero attached hydrogens (tertiary/aromatic N) is 2. The van der Waals surface area contributed by atoms with Crippen LogP contribution in [0.1, 0.15) is 20.3 Å². The molecule has 3 N–H and O–H groups in total. The first-order valence-electron chi connectivity index (χ1n) is 6.91. The van der Waals surface area contributed by atoms with Crippen LogP contribution in [0.4, 0.5) is 11.4 Å². The third kappa shape index (κ3) is 4.19. The average molecular weight is 274 g/mol. The van der Waals surface area contributed by atoms with E-state index in [1.165, 1.54) is 0 Å². The maximum Gasteiger partial charge on any atom is 0.144 e. The second kappa shape index (κ2) is 6.84. The SMILES string of the molecule is CC(C)Oc1cc(NCCCn2ccnc2)ccc1N. The molecule has 1 heterocycles. The molecule has 2 aromatic rings. The number of ether oxygens (including phenoxy) is 1. The summed E-state index contributed by atoms with van der Waals surface area (Å²) < 4.78 is 7.74. The zero-order valence-electron chi connectivity index (χ0n) is 12.0. The quantitative estimate of drug-likeness (QED) is 0.602. The second-order valence-corrected chi connectivity index (χ2v) is 5.00. The van der Waals surface area contributed by atoms with Crippen LogP contribution >= 0.6 is 0 Å². The lowest BCUT2D eigenvalue weighted by Gasteiger charge is -2.14. The lowest BCUT2D eigenvalue weighted by atomic mass is 10.2. The van der Waals surface area contributed by atoms with Crippen LogP contribution in [0.15, 0.2) is 36.9 Å². The van der Waals surface area contributed by atoms with E-state index in [9.17, 15) is 0 Å². The molecule has 20 heavy (non-hydrogen) atoms. The van der Waals surface area contributed by atoms with Crippen molar-refractivity contribution < 1.29 is 4.74 Å². The summed E-state index contributed by atoms with van der Waals surface area (Å²) in [6.07, 6.45) is 6.74. The van der Waals surface area contributed by atoms with Crippen LogP contribution in [0.25, 0.3) is 0 Å². The van der Waals surface area contributed by atoms with E-state index in [0.29, 0.717) is 5.69 Å². The zero-order valence-corrected chi connectivity index (χ0v) is 12.0. The van der Waals surface area contributed by atoms with Gasteiger partial charge in [0.15, 0.2) is 0 Å². The Morgan fingerprint density at radius 2 is 2.25 bits per heavy atom. The lowest BCUT2D eigenvalue weighted by molar-refractivity contribution is 0.244. The van der Waals surface area contributed by atoms with Crippen LogP contribution in [-0.4, -0.2) is 22.2 Å². The molecular formula is C15H22N4O. The number of nitrogen functional groups attached to an aromatic ring is 1. The van der Waals surface area contributed by atoms with Gasteiger partial charge in [0.25, 0.3) is 0 Å². The first kappa shape index (κ1) is 14.2. The predicted octanol–water partition coefficient (Wildman–Crippen LogP) is 2.75. The molecular weight excluding hydrogens is 252 g/mol. The van der Waals surface area contributed by atoms with E-state index >= 15 is 0 Å². The van der Waals surface area contributed by atoms with Gasteiger partial charge in [-0.2, -0.15) is 0 Å². The Balaban J connectivity index is 1.83. The highest BCUT2D eigenvalue weighted by Crippen LogP contribution is 2.26. The zero-order chi connectivity index (χ0) is 14.4. The Kier molecular flexibility index (Phi) is 4.87. The molecule has 0 aliphatic heterocycles. The fourth-order valence-electron chi connectivity index (χ4n) is 1.91. The topological polar surface area (TPSA) is 65.1 Å². The van der Waals surface area contributed by atoms with Gasteiger partial charge in [-0.25, -0.2) is 4.98 Å². The van der Waals surface area contributed by atoms with Crippen molar-refractivity contribution in [2.24, 2.45) is 0 Å². The molecule has 108 valence electrons. The number of imidazole rings is 1. The Morgan fingerprint density at radius 1 is 1.40 bits per heavy atom. The Morgan fingerprint density at radius 3 is 2.95 bits per heavy atom. The molecule has 0 saturated heterocycles. The minimum absolute atomic E-state index is 0.119. The van der Waals surface area contributed by atoms with Crippen LogP contribution in [0.3, 0.4) is 0 Å². The number of hydrogen-bond acceptors (Lipinski definition) is 4. The Hall–Kier alpha value is -2.17. The highest BCUT2D eigenvalue weighted by atomic mass is 16.5. The fraction of sp³-hybridized carbons (Fsp3) is 0.400. The van der Waals surface area contributed by atoms with Crippen LogP contribution < -0.4 is 15.8 Å². The smallest absolute Gasteiger partial charge is 0.144 e. The summed E-state index contributed by atoms with van der Waals surface area (Å²) in [5.74, 6) is 0.736. The molecule has 0 fully saturated rings. The van der Waals surface area contributed by atoms with E-state index in [4.69, 9.17) is 10.5 Å². The number of rotatable bonds is 7. The van der Waals surface area contributed by atoms with E-state index in [0.717, 1.165) is 30.9 Å². The monoisotopic (exact) mass is 274 g/mol. The normalized spacial score (nSPS) is 10.8. The minimum Gasteiger partial charge on any atom is -0.489 e. The van der Waals surface area contributed by atoms with Crippen LogP contribution in [0.5, 0.6) is 5.75 Å². The maximum absolute atomic E-state index is 5.89. The molecule has 5 nitrogen and oxygen atoms in total. The standard InChI is InChI=1S/C15H22N4O/c1-12(2)20-15-10-13(4-5-14(15)16)18-6-3-8-19-9-7-17-11-19/h4-5,7,9-12,18H,3,6,8,16H2,1-2H3. The van der Waals surface area contributed by atoms with Crippen molar-refractivity contribution in [2.45, 2.75) is 32.9 Å². The van der Waals surface area contributed by atoms with Gasteiger partial charge in [-0.3, -0.25) is 0 Å². The van der Waals surface area contributed by atoms with Gasteiger partial charge in [0.2, 0.25) is 0 Å². The lowest BCUT2D eigenvalue weighted by Crippen LogP contribution is -2.09. The van der Waals surface area contributed by atoms with Crippen LogP contribution in [0.2, 0.25) is 0 Å². The molecule has 0 spiro atoms. The van der Waals surface area contributed by atoms with E-state index < -0.39 is 0 Å². The first-order valence-corrected chi connectivity index (χ1v) is 6.91. The molecule has 0 bridgehead atoms. The van der Waals surface area contributed by atoms with E-state index in [1.807, 2.05) is 44.6 Å². The van der Waals surface area contributed by atoms with Crippen molar-refractivity contribution >= 4 is 11.4 Å². The summed E-state index contributed by atoms with van der Waals surface area (Å²) in [5.41, 5.74) is 7.59. The third-order valence-electron chi connectivity index (χ3n) is 2.86. The summed E-state index contributed by atoms with van der Waals surface area (Å²) in [5, 5.41) is 3.38. The summed E-state index contributed by atoms with van der Waals surface area (Å²) in [7, 11) is 0. The van der Waals surface area contributed by atoms with Gasteiger partial charge in [0.05, 0.1) is 18.1 Å². The molecule has 1 aromatic heterocycles.